The van der Waals surface area contributed by atoms with Gasteiger partial charge in [-0.1, -0.05) is 23.7 Å². The number of ether oxygens (including phenoxy) is 2. The Morgan fingerprint density at radius 2 is 1.73 bits per heavy atom. The second-order valence-corrected chi connectivity index (χ2v) is 6.80. The first-order valence-electron chi connectivity index (χ1n) is 8.77. The van der Waals surface area contributed by atoms with Crippen LogP contribution in [-0.4, -0.2) is 51.6 Å². The smallest absolute Gasteiger partial charge is 0.161 e. The lowest BCUT2D eigenvalue weighted by Gasteiger charge is -2.30. The predicted molar refractivity (Wildman–Crippen MR) is 105 cm³/mol. The number of benzene rings is 2. The molecule has 1 heterocycles. The highest BCUT2D eigenvalue weighted by molar-refractivity contribution is 6.30. The van der Waals surface area contributed by atoms with Crippen molar-refractivity contribution in [2.45, 2.75) is 6.54 Å². The Morgan fingerprint density at radius 3 is 2.38 bits per heavy atom. The molecule has 3 rings (SSSR count). The van der Waals surface area contributed by atoms with Gasteiger partial charge in [0, 0.05) is 10.6 Å². The van der Waals surface area contributed by atoms with Crippen LogP contribution in [0.25, 0.3) is 0 Å². The summed E-state index contributed by atoms with van der Waals surface area (Å²) >= 11 is 5.95. The van der Waals surface area contributed by atoms with Crippen molar-refractivity contribution in [2.24, 2.45) is 5.10 Å². The Hall–Kier alpha value is -2.24. The molecule has 0 radical (unpaired) electrons. The summed E-state index contributed by atoms with van der Waals surface area (Å²) in [5.74, 6) is 1.44. The summed E-state index contributed by atoms with van der Waals surface area (Å²) in [5, 5.41) is 7.54. The number of hydrogen-bond donors (Lipinski definition) is 1. The van der Waals surface area contributed by atoms with Gasteiger partial charge in [-0.05, 0) is 35.9 Å². The zero-order valence-corrected chi connectivity index (χ0v) is 16.0. The molecule has 5 nitrogen and oxygen atoms in total. The molecule has 1 aliphatic heterocycles. The van der Waals surface area contributed by atoms with E-state index in [2.05, 4.69) is 22.2 Å². The Balaban J connectivity index is 1.52. The second kappa shape index (κ2) is 8.92. The van der Waals surface area contributed by atoms with Crippen LogP contribution in [0.5, 0.6) is 11.5 Å². The highest BCUT2D eigenvalue weighted by Crippen LogP contribution is 2.26. The van der Waals surface area contributed by atoms with Gasteiger partial charge in [0.05, 0.1) is 46.6 Å². The van der Waals surface area contributed by atoms with Crippen LogP contribution in [0.15, 0.2) is 47.6 Å². The topological polar surface area (TPSA) is 38.5 Å². The van der Waals surface area contributed by atoms with Crippen molar-refractivity contribution in [3.8, 4) is 11.5 Å². The molecule has 0 bridgehead atoms. The summed E-state index contributed by atoms with van der Waals surface area (Å²) in [6.07, 6.45) is 1.88. The molecular weight excluding hydrogens is 350 g/mol. The van der Waals surface area contributed by atoms with Crippen LogP contribution >= 0.6 is 11.6 Å². The van der Waals surface area contributed by atoms with E-state index in [-0.39, 0.29) is 0 Å². The minimum atomic E-state index is 0.716. The van der Waals surface area contributed by atoms with Crippen LogP contribution in [0.2, 0.25) is 5.02 Å². The van der Waals surface area contributed by atoms with E-state index in [0.717, 1.165) is 49.1 Å². The molecule has 0 unspecified atom stereocenters. The van der Waals surface area contributed by atoms with Gasteiger partial charge in [0.1, 0.15) is 6.54 Å². The number of nitrogens with one attached hydrogen (secondary N) is 1. The van der Waals surface area contributed by atoms with Crippen molar-refractivity contribution in [3.63, 3.8) is 0 Å². The third kappa shape index (κ3) is 4.90. The van der Waals surface area contributed by atoms with E-state index in [0.29, 0.717) is 5.75 Å². The molecule has 138 valence electrons. The molecular formula is C20H25ClN3O2+. The van der Waals surface area contributed by atoms with Crippen molar-refractivity contribution in [1.82, 2.24) is 5.01 Å². The number of nitrogens with zero attached hydrogens (tertiary/aromatic N) is 2. The number of rotatable bonds is 6. The maximum Gasteiger partial charge on any atom is 0.161 e. The Bertz CT molecular complexity index is 741. The van der Waals surface area contributed by atoms with Gasteiger partial charge >= 0.3 is 0 Å². The zero-order chi connectivity index (χ0) is 18.4. The fourth-order valence-corrected chi connectivity index (χ4v) is 3.20. The van der Waals surface area contributed by atoms with E-state index in [4.69, 9.17) is 21.1 Å². The maximum atomic E-state index is 5.95. The van der Waals surface area contributed by atoms with Crippen molar-refractivity contribution in [1.29, 1.82) is 0 Å². The summed E-state index contributed by atoms with van der Waals surface area (Å²) in [4.78, 5) is 1.57. The molecule has 1 saturated heterocycles. The molecule has 0 aliphatic carbocycles. The Labute approximate surface area is 159 Å². The lowest BCUT2D eigenvalue weighted by molar-refractivity contribution is -0.918. The normalized spacial score (nSPS) is 15.4. The van der Waals surface area contributed by atoms with Crippen molar-refractivity contribution in [2.75, 3.05) is 40.4 Å². The van der Waals surface area contributed by atoms with Crippen LogP contribution in [-0.2, 0) is 6.54 Å². The molecule has 2 aromatic carbocycles. The van der Waals surface area contributed by atoms with Gasteiger partial charge in [0.15, 0.2) is 11.5 Å². The minimum Gasteiger partial charge on any atom is -0.493 e. The zero-order valence-electron chi connectivity index (χ0n) is 15.2. The Kier molecular flexibility index (Phi) is 6.36. The molecule has 1 aliphatic rings. The number of hydrazone groups is 1. The lowest BCUT2D eigenvalue weighted by atomic mass is 10.2. The van der Waals surface area contributed by atoms with Crippen LogP contribution in [0.4, 0.5) is 0 Å². The monoisotopic (exact) mass is 374 g/mol. The molecule has 2 aromatic rings. The van der Waals surface area contributed by atoms with Crippen LogP contribution < -0.4 is 14.4 Å². The molecule has 0 atom stereocenters. The van der Waals surface area contributed by atoms with Crippen LogP contribution in [0, 0.1) is 0 Å². The van der Waals surface area contributed by atoms with E-state index < -0.39 is 0 Å². The number of piperazine rings is 1. The highest BCUT2D eigenvalue weighted by atomic mass is 35.5. The molecule has 0 saturated carbocycles. The van der Waals surface area contributed by atoms with Crippen molar-refractivity contribution in [3.05, 3.63) is 58.6 Å². The van der Waals surface area contributed by atoms with Gasteiger partial charge in [0.25, 0.3) is 0 Å². The molecule has 1 N–H and O–H groups in total. The molecule has 0 aromatic heterocycles. The SMILES string of the molecule is COc1ccc(/C=N\N2CC[NH+](Cc3ccc(Cl)cc3)CC2)cc1OC. The number of methoxy groups -OCH3 is 2. The van der Waals surface area contributed by atoms with Gasteiger partial charge < -0.3 is 14.4 Å². The van der Waals surface area contributed by atoms with E-state index in [1.54, 1.807) is 19.1 Å². The summed E-state index contributed by atoms with van der Waals surface area (Å²) in [5.41, 5.74) is 2.32. The van der Waals surface area contributed by atoms with Gasteiger partial charge in [-0.3, -0.25) is 5.01 Å². The van der Waals surface area contributed by atoms with Gasteiger partial charge in [0.2, 0.25) is 0 Å². The van der Waals surface area contributed by atoms with Crippen molar-refractivity contribution >= 4 is 17.8 Å². The largest absolute Gasteiger partial charge is 0.493 e. The number of halogens is 1. The third-order valence-corrected chi connectivity index (χ3v) is 4.84. The highest BCUT2D eigenvalue weighted by Gasteiger charge is 2.18. The molecule has 0 spiro atoms. The summed E-state index contributed by atoms with van der Waals surface area (Å²) < 4.78 is 10.6. The van der Waals surface area contributed by atoms with Crippen molar-refractivity contribution < 1.29 is 14.4 Å². The lowest BCUT2D eigenvalue weighted by Crippen LogP contribution is -3.13. The van der Waals surface area contributed by atoms with E-state index >= 15 is 0 Å². The minimum absolute atomic E-state index is 0.716. The predicted octanol–water partition coefficient (Wildman–Crippen LogP) is 2.09. The second-order valence-electron chi connectivity index (χ2n) is 6.37. The third-order valence-electron chi connectivity index (χ3n) is 4.59. The summed E-state index contributed by atoms with van der Waals surface area (Å²) in [6, 6.07) is 13.9. The van der Waals surface area contributed by atoms with Gasteiger partial charge in [-0.25, -0.2) is 0 Å². The first-order valence-corrected chi connectivity index (χ1v) is 9.14. The quantitative estimate of drug-likeness (QED) is 0.787. The fraction of sp³-hybridized carbons (Fsp3) is 0.350. The maximum absolute atomic E-state index is 5.95. The fourth-order valence-electron chi connectivity index (χ4n) is 3.08. The number of quaternary nitrogens is 1. The van der Waals surface area contributed by atoms with Crippen LogP contribution in [0.1, 0.15) is 11.1 Å². The first kappa shape index (κ1) is 18.5. The van der Waals surface area contributed by atoms with E-state index in [1.807, 2.05) is 36.5 Å². The van der Waals surface area contributed by atoms with Gasteiger partial charge in [-0.2, -0.15) is 5.10 Å². The molecule has 6 heteroatoms. The summed E-state index contributed by atoms with van der Waals surface area (Å²) in [6.45, 7) is 5.08. The first-order chi connectivity index (χ1) is 12.7. The van der Waals surface area contributed by atoms with E-state index in [9.17, 15) is 0 Å². The molecule has 1 fully saturated rings. The standard InChI is InChI=1S/C20H24ClN3O2/c1-25-19-8-5-17(13-20(19)26-2)14-22-24-11-9-23(10-12-24)15-16-3-6-18(21)7-4-16/h3-8,13-14H,9-12,15H2,1-2H3/p+1/b22-14-. The Morgan fingerprint density at radius 1 is 1.04 bits per heavy atom. The van der Waals surface area contributed by atoms with Gasteiger partial charge in [-0.15, -0.1) is 0 Å². The average Bonchev–Trinajstić information content (AvgIpc) is 2.69. The summed E-state index contributed by atoms with van der Waals surface area (Å²) in [7, 11) is 3.28. The molecule has 26 heavy (non-hydrogen) atoms. The average molecular weight is 375 g/mol. The van der Waals surface area contributed by atoms with Crippen LogP contribution in [0.3, 0.4) is 0 Å². The number of hydrogen-bond acceptors (Lipinski definition) is 4. The molecule has 0 amide bonds. The van der Waals surface area contributed by atoms with E-state index in [1.165, 1.54) is 5.56 Å².